The number of benzene rings is 1. The van der Waals surface area contributed by atoms with Crippen LogP contribution in [0.25, 0.3) is 0 Å². The van der Waals surface area contributed by atoms with Crippen LogP contribution in [0.5, 0.6) is 0 Å². The molecular formula is C13H18BNO2. The lowest BCUT2D eigenvalue weighted by Crippen LogP contribution is -2.36. The summed E-state index contributed by atoms with van der Waals surface area (Å²) < 4.78 is 0. The van der Waals surface area contributed by atoms with Crippen LogP contribution >= 0.6 is 0 Å². The van der Waals surface area contributed by atoms with E-state index in [2.05, 4.69) is 5.23 Å². The first-order valence-electron chi connectivity index (χ1n) is 6.16. The zero-order valence-electron chi connectivity index (χ0n) is 10.4. The summed E-state index contributed by atoms with van der Waals surface area (Å²) in [5.41, 5.74) is 3.24. The van der Waals surface area contributed by atoms with Gasteiger partial charge in [-0.1, -0.05) is 12.1 Å². The van der Waals surface area contributed by atoms with Gasteiger partial charge in [-0.05, 0) is 50.2 Å². The summed E-state index contributed by atoms with van der Waals surface area (Å²) in [6.45, 7) is 3.33. The lowest BCUT2D eigenvalue weighted by molar-refractivity contribution is 0.101. The number of aryl methyl sites for hydroxylation is 1. The van der Waals surface area contributed by atoms with E-state index in [9.17, 15) is 9.82 Å². The van der Waals surface area contributed by atoms with Crippen LogP contribution < -0.4 is 5.23 Å². The average molecular weight is 231 g/mol. The van der Waals surface area contributed by atoms with Crippen LogP contribution in [0.15, 0.2) is 18.2 Å². The summed E-state index contributed by atoms with van der Waals surface area (Å²) in [5.74, 6) is 0.110. The lowest BCUT2D eigenvalue weighted by atomic mass is 9.80. The van der Waals surface area contributed by atoms with E-state index in [0.717, 1.165) is 24.8 Å². The van der Waals surface area contributed by atoms with Crippen LogP contribution in [0.1, 0.15) is 47.3 Å². The first-order valence-corrected chi connectivity index (χ1v) is 6.16. The molecule has 1 atom stereocenters. The van der Waals surface area contributed by atoms with Crippen LogP contribution in [-0.2, 0) is 6.42 Å². The molecule has 0 aromatic heterocycles. The molecule has 0 amide bonds. The molecule has 17 heavy (non-hydrogen) atoms. The van der Waals surface area contributed by atoms with Crippen LogP contribution in [0, 0.1) is 0 Å². The second-order valence-electron chi connectivity index (χ2n) is 4.76. The number of ketones is 1. The molecule has 0 aliphatic heterocycles. The van der Waals surface area contributed by atoms with Gasteiger partial charge in [-0.15, -0.1) is 0 Å². The van der Waals surface area contributed by atoms with Crippen molar-refractivity contribution in [1.82, 2.24) is 5.23 Å². The highest BCUT2D eigenvalue weighted by molar-refractivity contribution is 6.45. The fraction of sp³-hybridized carbons (Fsp3) is 0.462. The highest BCUT2D eigenvalue weighted by Crippen LogP contribution is 2.30. The second kappa shape index (κ2) is 5.02. The predicted octanol–water partition coefficient (Wildman–Crippen LogP) is 1.97. The van der Waals surface area contributed by atoms with E-state index in [4.69, 9.17) is 0 Å². The Morgan fingerprint density at radius 3 is 2.94 bits per heavy atom. The third-order valence-corrected chi connectivity index (χ3v) is 3.31. The Morgan fingerprint density at radius 1 is 1.53 bits per heavy atom. The molecule has 0 heterocycles. The molecule has 2 N–H and O–H groups in total. The third kappa shape index (κ3) is 2.76. The highest BCUT2D eigenvalue weighted by atomic mass is 16.2. The fourth-order valence-electron chi connectivity index (χ4n) is 2.50. The van der Waals surface area contributed by atoms with Gasteiger partial charge in [0.05, 0.1) is 0 Å². The molecule has 0 saturated heterocycles. The van der Waals surface area contributed by atoms with Gasteiger partial charge >= 0.3 is 7.05 Å². The van der Waals surface area contributed by atoms with Crippen molar-refractivity contribution < 1.29 is 9.82 Å². The smallest absolute Gasteiger partial charge is 0.374 e. The molecule has 1 aliphatic rings. The zero-order valence-corrected chi connectivity index (χ0v) is 10.4. The number of hydrogen-bond donors (Lipinski definition) is 2. The first-order chi connectivity index (χ1) is 8.08. The van der Waals surface area contributed by atoms with E-state index in [0.29, 0.717) is 0 Å². The molecule has 0 spiro atoms. The van der Waals surface area contributed by atoms with Gasteiger partial charge in [0.2, 0.25) is 0 Å². The van der Waals surface area contributed by atoms with E-state index in [1.165, 1.54) is 11.1 Å². The normalized spacial score (nSPS) is 18.6. The van der Waals surface area contributed by atoms with Crippen molar-refractivity contribution in [1.29, 1.82) is 0 Å². The van der Waals surface area contributed by atoms with Crippen LogP contribution in [0.4, 0.5) is 0 Å². The molecule has 0 radical (unpaired) electrons. The minimum absolute atomic E-state index is 0.110. The van der Waals surface area contributed by atoms with Gasteiger partial charge < -0.3 is 10.3 Å². The molecule has 0 unspecified atom stereocenters. The SMILES string of the molecule is CB(O)N[C@@H]1CCCc2cc(C(C)=O)ccc21. The van der Waals surface area contributed by atoms with Crippen molar-refractivity contribution in [3.8, 4) is 0 Å². The third-order valence-electron chi connectivity index (χ3n) is 3.31. The number of fused-ring (bicyclic) bond motifs is 1. The summed E-state index contributed by atoms with van der Waals surface area (Å²) >= 11 is 0. The number of nitrogens with one attached hydrogen (secondary N) is 1. The molecule has 90 valence electrons. The van der Waals surface area contributed by atoms with Crippen molar-refractivity contribution >= 4 is 12.8 Å². The van der Waals surface area contributed by atoms with E-state index in [1.807, 2.05) is 18.2 Å². The molecular weight excluding hydrogens is 213 g/mol. The Bertz CT molecular complexity index is 431. The van der Waals surface area contributed by atoms with Gasteiger partial charge in [-0.25, -0.2) is 0 Å². The van der Waals surface area contributed by atoms with E-state index in [-0.39, 0.29) is 11.8 Å². The number of Topliss-reactive ketones (excluding diaryl/α,β-unsaturated/α-hetero) is 1. The second-order valence-corrected chi connectivity index (χ2v) is 4.76. The Labute approximate surface area is 102 Å². The van der Waals surface area contributed by atoms with E-state index in [1.54, 1.807) is 13.7 Å². The molecule has 4 heteroatoms. The Kier molecular flexibility index (Phi) is 3.65. The van der Waals surface area contributed by atoms with E-state index >= 15 is 0 Å². The zero-order chi connectivity index (χ0) is 12.4. The van der Waals surface area contributed by atoms with Crippen LogP contribution in [0.2, 0.25) is 6.82 Å². The lowest BCUT2D eigenvalue weighted by Gasteiger charge is -2.27. The van der Waals surface area contributed by atoms with Crippen LogP contribution in [0.3, 0.4) is 0 Å². The molecule has 1 aromatic carbocycles. The standard InChI is InChI=1S/C13H18BNO2/c1-9(16)10-6-7-12-11(8-10)4-3-5-13(12)15-14(2)17/h6-8,13,15,17H,3-5H2,1-2H3/t13-/m1/s1. The Morgan fingerprint density at radius 2 is 2.29 bits per heavy atom. The van der Waals surface area contributed by atoms with Crippen LogP contribution in [-0.4, -0.2) is 17.9 Å². The molecule has 0 saturated carbocycles. The Hall–Kier alpha value is -1.13. The number of hydrogen-bond acceptors (Lipinski definition) is 3. The maximum absolute atomic E-state index is 11.3. The minimum atomic E-state index is -0.501. The maximum Gasteiger partial charge on any atom is 0.374 e. The van der Waals surface area contributed by atoms with Gasteiger partial charge in [0.1, 0.15) is 0 Å². The molecule has 3 nitrogen and oxygen atoms in total. The maximum atomic E-state index is 11.3. The highest BCUT2D eigenvalue weighted by Gasteiger charge is 2.22. The summed E-state index contributed by atoms with van der Waals surface area (Å²) in [5, 5.41) is 12.6. The molecule has 2 rings (SSSR count). The molecule has 0 bridgehead atoms. The fourth-order valence-corrected chi connectivity index (χ4v) is 2.50. The summed E-state index contributed by atoms with van der Waals surface area (Å²) in [6, 6.07) is 6.10. The number of carbonyl (C=O) groups excluding carboxylic acids is 1. The average Bonchev–Trinajstić information content (AvgIpc) is 2.28. The van der Waals surface area contributed by atoms with Gasteiger partial charge in [-0.2, -0.15) is 0 Å². The number of carbonyl (C=O) groups is 1. The van der Waals surface area contributed by atoms with Crippen molar-refractivity contribution in [2.24, 2.45) is 0 Å². The largest absolute Gasteiger partial charge is 0.437 e. The van der Waals surface area contributed by atoms with Gasteiger partial charge in [0, 0.05) is 11.6 Å². The topological polar surface area (TPSA) is 49.3 Å². The van der Waals surface area contributed by atoms with Crippen molar-refractivity contribution in [3.05, 3.63) is 34.9 Å². The van der Waals surface area contributed by atoms with Crippen molar-refractivity contribution in [2.45, 2.75) is 39.1 Å². The van der Waals surface area contributed by atoms with E-state index < -0.39 is 7.05 Å². The number of rotatable bonds is 3. The molecule has 1 aromatic rings. The van der Waals surface area contributed by atoms with Gasteiger partial charge in [-0.3, -0.25) is 4.79 Å². The summed E-state index contributed by atoms with van der Waals surface area (Å²) in [6.07, 6.45) is 3.16. The summed E-state index contributed by atoms with van der Waals surface area (Å²) in [7, 11) is -0.501. The minimum Gasteiger partial charge on any atom is -0.437 e. The predicted molar refractivity (Wildman–Crippen MR) is 69.1 cm³/mol. The molecule has 0 fully saturated rings. The Balaban J connectivity index is 2.30. The van der Waals surface area contributed by atoms with Crippen molar-refractivity contribution in [2.75, 3.05) is 0 Å². The monoisotopic (exact) mass is 231 g/mol. The van der Waals surface area contributed by atoms with Crippen molar-refractivity contribution in [3.63, 3.8) is 0 Å². The first kappa shape index (κ1) is 12.3. The van der Waals surface area contributed by atoms with Gasteiger partial charge in [0.15, 0.2) is 5.78 Å². The molecule has 1 aliphatic carbocycles. The van der Waals surface area contributed by atoms with Gasteiger partial charge in [0.25, 0.3) is 0 Å². The summed E-state index contributed by atoms with van der Waals surface area (Å²) in [4.78, 5) is 11.3. The quantitative estimate of drug-likeness (QED) is 0.617.